The molecule has 1 rings (SSSR count). The molecule has 0 saturated heterocycles. The van der Waals surface area contributed by atoms with E-state index in [0.717, 1.165) is 37.7 Å². The Labute approximate surface area is 123 Å². The van der Waals surface area contributed by atoms with E-state index in [-0.39, 0.29) is 5.54 Å². The molecule has 0 atom stereocenters. The van der Waals surface area contributed by atoms with Gasteiger partial charge in [0.05, 0.1) is 0 Å². The predicted molar refractivity (Wildman–Crippen MR) is 86.7 cm³/mol. The number of hydrogen-bond donors (Lipinski definition) is 2. The fourth-order valence-corrected chi connectivity index (χ4v) is 1.66. The molecule has 0 spiro atoms. The van der Waals surface area contributed by atoms with Crippen LogP contribution >= 0.6 is 0 Å². The number of benzene rings is 1. The van der Waals surface area contributed by atoms with Gasteiger partial charge in [-0.3, -0.25) is 0 Å². The highest BCUT2D eigenvalue weighted by Crippen LogP contribution is 2.15. The lowest BCUT2D eigenvalue weighted by Gasteiger charge is -2.20. The van der Waals surface area contributed by atoms with Gasteiger partial charge in [-0.2, -0.15) is 0 Å². The van der Waals surface area contributed by atoms with Gasteiger partial charge in [-0.1, -0.05) is 0 Å². The van der Waals surface area contributed by atoms with Gasteiger partial charge in [-0.15, -0.1) is 0 Å². The first-order chi connectivity index (χ1) is 9.37. The maximum absolute atomic E-state index is 5.66. The summed E-state index contributed by atoms with van der Waals surface area (Å²) in [6.07, 6.45) is 0. The van der Waals surface area contributed by atoms with E-state index >= 15 is 0 Å². The summed E-state index contributed by atoms with van der Waals surface area (Å²) in [6, 6.07) is 8.13. The minimum absolute atomic E-state index is 0.172. The second kappa shape index (κ2) is 8.12. The standard InChI is InChI=1S/C16H29N3O/c1-16(2,3)18-11-10-17-14-6-8-15(9-7-14)20-13-12-19(4)5/h6-9,17-18H,10-13H2,1-5H3. The van der Waals surface area contributed by atoms with Crippen molar-refractivity contribution in [3.05, 3.63) is 24.3 Å². The van der Waals surface area contributed by atoms with Crippen LogP contribution < -0.4 is 15.4 Å². The average molecular weight is 279 g/mol. The summed E-state index contributed by atoms with van der Waals surface area (Å²) in [5, 5.41) is 6.84. The molecule has 0 heterocycles. The molecule has 0 fully saturated rings. The fourth-order valence-electron chi connectivity index (χ4n) is 1.66. The molecule has 0 unspecified atom stereocenters. The maximum Gasteiger partial charge on any atom is 0.119 e. The molecule has 114 valence electrons. The first kappa shape index (κ1) is 16.8. The Morgan fingerprint density at radius 2 is 1.70 bits per heavy atom. The molecule has 0 amide bonds. The molecule has 1 aromatic rings. The summed E-state index contributed by atoms with van der Waals surface area (Å²) in [4.78, 5) is 2.11. The Morgan fingerprint density at radius 1 is 1.05 bits per heavy atom. The van der Waals surface area contributed by atoms with Crippen LogP contribution in [0.15, 0.2) is 24.3 Å². The molecular formula is C16H29N3O. The highest BCUT2D eigenvalue weighted by Gasteiger charge is 2.06. The van der Waals surface area contributed by atoms with Crippen molar-refractivity contribution in [3.63, 3.8) is 0 Å². The van der Waals surface area contributed by atoms with Crippen molar-refractivity contribution in [1.82, 2.24) is 10.2 Å². The smallest absolute Gasteiger partial charge is 0.119 e. The molecule has 0 aromatic heterocycles. The van der Waals surface area contributed by atoms with E-state index in [1.54, 1.807) is 0 Å². The Kier molecular flexibility index (Phi) is 6.82. The first-order valence-electron chi connectivity index (χ1n) is 7.23. The zero-order valence-corrected chi connectivity index (χ0v) is 13.5. The summed E-state index contributed by atoms with van der Waals surface area (Å²) in [7, 11) is 4.09. The van der Waals surface area contributed by atoms with Gasteiger partial charge >= 0.3 is 0 Å². The van der Waals surface area contributed by atoms with Crippen LogP contribution in [0.4, 0.5) is 5.69 Å². The number of anilines is 1. The quantitative estimate of drug-likeness (QED) is 0.717. The van der Waals surface area contributed by atoms with E-state index in [4.69, 9.17) is 4.74 Å². The molecule has 0 aliphatic carbocycles. The largest absolute Gasteiger partial charge is 0.492 e. The zero-order valence-electron chi connectivity index (χ0n) is 13.5. The van der Waals surface area contributed by atoms with Crippen LogP contribution in [-0.4, -0.2) is 50.8 Å². The normalized spacial score (nSPS) is 11.7. The van der Waals surface area contributed by atoms with Gasteiger partial charge in [0.25, 0.3) is 0 Å². The van der Waals surface area contributed by atoms with Crippen molar-refractivity contribution in [1.29, 1.82) is 0 Å². The van der Waals surface area contributed by atoms with Gasteiger partial charge in [-0.05, 0) is 59.1 Å². The van der Waals surface area contributed by atoms with Crippen molar-refractivity contribution in [2.75, 3.05) is 45.7 Å². The van der Waals surface area contributed by atoms with Gasteiger partial charge in [0.15, 0.2) is 0 Å². The number of nitrogens with one attached hydrogen (secondary N) is 2. The molecule has 2 N–H and O–H groups in total. The number of ether oxygens (including phenoxy) is 1. The highest BCUT2D eigenvalue weighted by molar-refractivity contribution is 5.46. The molecule has 4 nitrogen and oxygen atoms in total. The second-order valence-corrected chi connectivity index (χ2v) is 6.28. The first-order valence-corrected chi connectivity index (χ1v) is 7.23. The Balaban J connectivity index is 2.25. The van der Waals surface area contributed by atoms with Crippen molar-refractivity contribution in [3.8, 4) is 5.75 Å². The van der Waals surface area contributed by atoms with Crippen LogP contribution in [0, 0.1) is 0 Å². The lowest BCUT2D eigenvalue weighted by Crippen LogP contribution is -2.38. The number of nitrogens with zero attached hydrogens (tertiary/aromatic N) is 1. The van der Waals surface area contributed by atoms with Gasteiger partial charge in [-0.25, -0.2) is 0 Å². The molecular weight excluding hydrogens is 250 g/mol. The van der Waals surface area contributed by atoms with Crippen molar-refractivity contribution < 1.29 is 4.74 Å². The summed E-state index contributed by atoms with van der Waals surface area (Å²) in [6.45, 7) is 10.0. The molecule has 0 aliphatic rings. The monoisotopic (exact) mass is 279 g/mol. The predicted octanol–water partition coefficient (Wildman–Crippen LogP) is 2.43. The second-order valence-electron chi connectivity index (χ2n) is 6.28. The van der Waals surface area contributed by atoms with Gasteiger partial charge in [0.2, 0.25) is 0 Å². The van der Waals surface area contributed by atoms with E-state index in [0.29, 0.717) is 0 Å². The van der Waals surface area contributed by atoms with Crippen LogP contribution in [-0.2, 0) is 0 Å². The topological polar surface area (TPSA) is 36.5 Å². The fraction of sp³-hybridized carbons (Fsp3) is 0.625. The molecule has 0 bridgehead atoms. The minimum Gasteiger partial charge on any atom is -0.492 e. The summed E-state index contributed by atoms with van der Waals surface area (Å²) in [5.74, 6) is 0.921. The third-order valence-electron chi connectivity index (χ3n) is 2.77. The number of rotatable bonds is 8. The Morgan fingerprint density at radius 3 is 2.25 bits per heavy atom. The highest BCUT2D eigenvalue weighted by atomic mass is 16.5. The average Bonchev–Trinajstić information content (AvgIpc) is 2.35. The third-order valence-corrected chi connectivity index (χ3v) is 2.77. The Bertz CT molecular complexity index is 368. The van der Waals surface area contributed by atoms with Gasteiger partial charge in [0.1, 0.15) is 12.4 Å². The number of hydrogen-bond acceptors (Lipinski definition) is 4. The van der Waals surface area contributed by atoms with Crippen LogP contribution in [0.3, 0.4) is 0 Å². The van der Waals surface area contributed by atoms with E-state index in [1.807, 2.05) is 26.2 Å². The van der Waals surface area contributed by atoms with E-state index in [9.17, 15) is 0 Å². The molecule has 0 radical (unpaired) electrons. The molecule has 0 saturated carbocycles. The van der Waals surface area contributed by atoms with Crippen molar-refractivity contribution in [2.24, 2.45) is 0 Å². The lowest BCUT2D eigenvalue weighted by molar-refractivity contribution is 0.261. The maximum atomic E-state index is 5.66. The molecule has 4 heteroatoms. The van der Waals surface area contributed by atoms with Crippen LogP contribution in [0.2, 0.25) is 0 Å². The van der Waals surface area contributed by atoms with Gasteiger partial charge in [0, 0.05) is 30.9 Å². The van der Waals surface area contributed by atoms with Crippen LogP contribution in [0.5, 0.6) is 5.75 Å². The molecule has 20 heavy (non-hydrogen) atoms. The van der Waals surface area contributed by atoms with E-state index in [1.165, 1.54) is 0 Å². The number of likely N-dealkylation sites (N-methyl/N-ethyl adjacent to an activating group) is 1. The Hall–Kier alpha value is -1.26. The van der Waals surface area contributed by atoms with Gasteiger partial charge < -0.3 is 20.3 Å². The summed E-state index contributed by atoms with van der Waals surface area (Å²) in [5.41, 5.74) is 1.30. The van der Waals surface area contributed by atoms with E-state index in [2.05, 4.69) is 48.4 Å². The minimum atomic E-state index is 0.172. The molecule has 1 aromatic carbocycles. The van der Waals surface area contributed by atoms with E-state index < -0.39 is 0 Å². The summed E-state index contributed by atoms with van der Waals surface area (Å²) < 4.78 is 5.66. The van der Waals surface area contributed by atoms with Crippen molar-refractivity contribution >= 4 is 5.69 Å². The third kappa shape index (κ3) is 8.02. The summed E-state index contributed by atoms with van der Waals surface area (Å²) >= 11 is 0. The van der Waals surface area contributed by atoms with Crippen LogP contribution in [0.1, 0.15) is 20.8 Å². The van der Waals surface area contributed by atoms with Crippen LogP contribution in [0.25, 0.3) is 0 Å². The lowest BCUT2D eigenvalue weighted by atomic mass is 10.1. The zero-order chi connectivity index (χ0) is 15.0. The molecule has 0 aliphatic heterocycles. The SMILES string of the molecule is CN(C)CCOc1ccc(NCCNC(C)(C)C)cc1. The van der Waals surface area contributed by atoms with Crippen molar-refractivity contribution in [2.45, 2.75) is 26.3 Å².